The highest BCUT2D eigenvalue weighted by Crippen LogP contribution is 2.14. The van der Waals surface area contributed by atoms with Crippen LogP contribution in [0.25, 0.3) is 5.69 Å². The maximum atomic E-state index is 11.0. The van der Waals surface area contributed by atoms with Crippen molar-refractivity contribution in [1.82, 2.24) is 20.3 Å². The van der Waals surface area contributed by atoms with E-state index in [1.165, 1.54) is 0 Å². The first-order chi connectivity index (χ1) is 9.22. The van der Waals surface area contributed by atoms with Gasteiger partial charge in [0, 0.05) is 0 Å². The molecule has 0 aliphatic carbocycles. The second-order valence-corrected chi connectivity index (χ2v) is 3.83. The first kappa shape index (κ1) is 13.0. The summed E-state index contributed by atoms with van der Waals surface area (Å²) in [6.45, 7) is 0.277. The van der Waals surface area contributed by atoms with Gasteiger partial charge < -0.3 is 15.8 Å². The topological polar surface area (TPSA) is 95.1 Å². The number of rotatable bonds is 5. The van der Waals surface area contributed by atoms with Crippen molar-refractivity contribution in [2.75, 3.05) is 13.7 Å². The molecule has 0 atom stereocenters. The van der Waals surface area contributed by atoms with Crippen LogP contribution in [0.15, 0.2) is 30.5 Å². The van der Waals surface area contributed by atoms with Gasteiger partial charge in [-0.1, -0.05) is 5.21 Å². The summed E-state index contributed by atoms with van der Waals surface area (Å²) in [6, 6.07) is 7.42. The summed E-state index contributed by atoms with van der Waals surface area (Å²) in [5.41, 5.74) is 6.72. The molecule has 1 aromatic heterocycles. The molecule has 2 aromatic rings. The Kier molecular flexibility index (Phi) is 4.09. The van der Waals surface area contributed by atoms with Gasteiger partial charge >= 0.3 is 0 Å². The third-order valence-electron chi connectivity index (χ3n) is 2.53. The van der Waals surface area contributed by atoms with E-state index in [1.807, 2.05) is 24.3 Å². The molecule has 1 aromatic carbocycles. The highest BCUT2D eigenvalue weighted by molar-refractivity contribution is 5.77. The molecule has 0 saturated heterocycles. The molecule has 0 saturated carbocycles. The minimum Gasteiger partial charge on any atom is -0.497 e. The second-order valence-electron chi connectivity index (χ2n) is 3.83. The number of aromatic nitrogens is 3. The van der Waals surface area contributed by atoms with Gasteiger partial charge in [0.1, 0.15) is 11.4 Å². The largest absolute Gasteiger partial charge is 0.497 e. The molecule has 0 unspecified atom stereocenters. The Balaban J connectivity index is 2.05. The van der Waals surface area contributed by atoms with Crippen molar-refractivity contribution in [3.05, 3.63) is 36.2 Å². The average molecular weight is 261 g/mol. The molecule has 0 fully saturated rings. The van der Waals surface area contributed by atoms with Crippen LogP contribution < -0.4 is 15.8 Å². The molecule has 19 heavy (non-hydrogen) atoms. The van der Waals surface area contributed by atoms with E-state index in [4.69, 9.17) is 10.5 Å². The Labute approximate surface area is 110 Å². The van der Waals surface area contributed by atoms with Crippen molar-refractivity contribution in [2.24, 2.45) is 5.73 Å². The van der Waals surface area contributed by atoms with Gasteiger partial charge in [-0.05, 0) is 24.3 Å². The highest BCUT2D eigenvalue weighted by Gasteiger charge is 2.04. The molecule has 7 heteroatoms. The lowest BCUT2D eigenvalue weighted by Gasteiger charge is -2.02. The lowest BCUT2D eigenvalue weighted by molar-refractivity contribution is -0.119. The number of nitrogens with two attached hydrogens (primary N) is 1. The summed E-state index contributed by atoms with van der Waals surface area (Å²) in [5.74, 6) is 0.554. The zero-order valence-corrected chi connectivity index (χ0v) is 10.5. The SMILES string of the molecule is COc1ccc(-n2cc(CNC(=O)CN)nn2)cc1. The normalized spacial score (nSPS) is 10.2. The zero-order valence-electron chi connectivity index (χ0n) is 10.5. The van der Waals surface area contributed by atoms with Gasteiger partial charge in [-0.3, -0.25) is 4.79 Å². The minimum atomic E-state index is -0.223. The average Bonchev–Trinajstić information content (AvgIpc) is 2.93. The number of carbonyl (C=O) groups is 1. The van der Waals surface area contributed by atoms with Crippen molar-refractivity contribution in [3.63, 3.8) is 0 Å². The number of methoxy groups -OCH3 is 1. The Hall–Kier alpha value is -2.41. The third kappa shape index (κ3) is 3.29. The maximum Gasteiger partial charge on any atom is 0.234 e. The van der Waals surface area contributed by atoms with Gasteiger partial charge in [-0.2, -0.15) is 0 Å². The predicted octanol–water partition coefficient (Wildman–Crippen LogP) is -0.149. The van der Waals surface area contributed by atoms with Crippen LogP contribution in [0.5, 0.6) is 5.75 Å². The van der Waals surface area contributed by atoms with Crippen LogP contribution in [-0.2, 0) is 11.3 Å². The molecular weight excluding hydrogens is 246 g/mol. The first-order valence-corrected chi connectivity index (χ1v) is 5.75. The van der Waals surface area contributed by atoms with Gasteiger partial charge in [0.15, 0.2) is 0 Å². The summed E-state index contributed by atoms with van der Waals surface area (Å²) in [6.07, 6.45) is 1.75. The highest BCUT2D eigenvalue weighted by atomic mass is 16.5. The molecule has 0 bridgehead atoms. The van der Waals surface area contributed by atoms with Crippen molar-refractivity contribution >= 4 is 5.91 Å². The van der Waals surface area contributed by atoms with E-state index < -0.39 is 0 Å². The summed E-state index contributed by atoms with van der Waals surface area (Å²) < 4.78 is 6.71. The van der Waals surface area contributed by atoms with Gasteiger partial charge in [-0.15, -0.1) is 5.10 Å². The summed E-state index contributed by atoms with van der Waals surface area (Å²) in [4.78, 5) is 11.0. The quantitative estimate of drug-likeness (QED) is 0.780. The number of nitrogens with one attached hydrogen (secondary N) is 1. The van der Waals surface area contributed by atoms with Crippen molar-refractivity contribution < 1.29 is 9.53 Å². The Morgan fingerprint density at radius 1 is 1.42 bits per heavy atom. The van der Waals surface area contributed by atoms with E-state index in [1.54, 1.807) is 18.0 Å². The first-order valence-electron chi connectivity index (χ1n) is 5.75. The van der Waals surface area contributed by atoms with Crippen LogP contribution in [0, 0.1) is 0 Å². The number of ether oxygens (including phenoxy) is 1. The molecule has 0 aliphatic rings. The van der Waals surface area contributed by atoms with Gasteiger partial charge in [-0.25, -0.2) is 4.68 Å². The number of amides is 1. The Morgan fingerprint density at radius 2 is 2.16 bits per heavy atom. The molecule has 100 valence electrons. The zero-order chi connectivity index (χ0) is 13.7. The van der Waals surface area contributed by atoms with Crippen molar-refractivity contribution in [2.45, 2.75) is 6.54 Å². The number of benzene rings is 1. The number of hydrogen-bond donors (Lipinski definition) is 2. The summed E-state index contributed by atoms with van der Waals surface area (Å²) >= 11 is 0. The van der Waals surface area contributed by atoms with E-state index >= 15 is 0 Å². The smallest absolute Gasteiger partial charge is 0.234 e. The molecule has 2 rings (SSSR count). The third-order valence-corrected chi connectivity index (χ3v) is 2.53. The van der Waals surface area contributed by atoms with E-state index in [0.717, 1.165) is 11.4 Å². The number of nitrogens with zero attached hydrogens (tertiary/aromatic N) is 3. The fourth-order valence-electron chi connectivity index (χ4n) is 1.50. The standard InChI is InChI=1S/C12H15N5O2/c1-19-11-4-2-10(3-5-11)17-8-9(15-16-17)7-14-12(18)6-13/h2-5,8H,6-7,13H2,1H3,(H,14,18). The molecule has 0 aliphatic heterocycles. The van der Waals surface area contributed by atoms with Crippen molar-refractivity contribution in [1.29, 1.82) is 0 Å². The van der Waals surface area contributed by atoms with E-state index in [2.05, 4.69) is 15.6 Å². The Morgan fingerprint density at radius 3 is 2.79 bits per heavy atom. The maximum absolute atomic E-state index is 11.0. The number of hydrogen-bond acceptors (Lipinski definition) is 5. The summed E-state index contributed by atoms with van der Waals surface area (Å²) in [5, 5.41) is 10.6. The molecular formula is C12H15N5O2. The molecule has 0 spiro atoms. The van der Waals surface area contributed by atoms with E-state index in [9.17, 15) is 4.79 Å². The number of carbonyl (C=O) groups excluding carboxylic acids is 1. The van der Waals surface area contributed by atoms with Crippen LogP contribution in [0.2, 0.25) is 0 Å². The lowest BCUT2D eigenvalue weighted by Crippen LogP contribution is -2.29. The summed E-state index contributed by atoms with van der Waals surface area (Å²) in [7, 11) is 1.61. The van der Waals surface area contributed by atoms with Crippen LogP contribution in [0.3, 0.4) is 0 Å². The Bertz CT molecular complexity index is 550. The van der Waals surface area contributed by atoms with E-state index in [0.29, 0.717) is 12.2 Å². The van der Waals surface area contributed by atoms with Crippen molar-refractivity contribution in [3.8, 4) is 11.4 Å². The fraction of sp³-hybridized carbons (Fsp3) is 0.250. The molecule has 1 amide bonds. The lowest BCUT2D eigenvalue weighted by atomic mass is 10.3. The van der Waals surface area contributed by atoms with Crippen LogP contribution in [0.4, 0.5) is 0 Å². The fourth-order valence-corrected chi connectivity index (χ4v) is 1.50. The van der Waals surface area contributed by atoms with Gasteiger partial charge in [0.2, 0.25) is 5.91 Å². The second kappa shape index (κ2) is 5.96. The molecule has 3 N–H and O–H groups in total. The molecule has 1 heterocycles. The minimum absolute atomic E-state index is 0.0351. The van der Waals surface area contributed by atoms with E-state index in [-0.39, 0.29) is 12.5 Å². The van der Waals surface area contributed by atoms with Gasteiger partial charge in [0.25, 0.3) is 0 Å². The molecule has 0 radical (unpaired) electrons. The van der Waals surface area contributed by atoms with Crippen LogP contribution in [-0.4, -0.2) is 34.6 Å². The predicted molar refractivity (Wildman–Crippen MR) is 68.8 cm³/mol. The van der Waals surface area contributed by atoms with Crippen LogP contribution in [0.1, 0.15) is 5.69 Å². The molecule has 7 nitrogen and oxygen atoms in total. The van der Waals surface area contributed by atoms with Gasteiger partial charge in [0.05, 0.1) is 32.1 Å². The van der Waals surface area contributed by atoms with Crippen LogP contribution >= 0.6 is 0 Å². The monoisotopic (exact) mass is 261 g/mol.